The molecule has 0 aliphatic carbocycles. The number of hydrogen-bond donors (Lipinski definition) is 1. The summed E-state index contributed by atoms with van der Waals surface area (Å²) in [6.45, 7) is 4.03. The minimum absolute atomic E-state index is 0.0478. The molecule has 1 aliphatic heterocycles. The van der Waals surface area contributed by atoms with E-state index in [1.807, 2.05) is 86.2 Å². The van der Waals surface area contributed by atoms with E-state index in [0.717, 1.165) is 51.8 Å². The zero-order valence-electron chi connectivity index (χ0n) is 22.9. The van der Waals surface area contributed by atoms with Crippen molar-refractivity contribution in [3.05, 3.63) is 71.0 Å². The molecule has 1 amide bonds. The van der Waals surface area contributed by atoms with Gasteiger partial charge in [0.1, 0.15) is 34.3 Å². The summed E-state index contributed by atoms with van der Waals surface area (Å²) >= 11 is 1.64. The molecule has 10 heteroatoms. The Balaban J connectivity index is 1.32. The highest BCUT2D eigenvalue weighted by Gasteiger charge is 2.25. The molecule has 4 heterocycles. The van der Waals surface area contributed by atoms with Gasteiger partial charge in [-0.1, -0.05) is 6.08 Å². The van der Waals surface area contributed by atoms with Gasteiger partial charge < -0.3 is 24.8 Å². The van der Waals surface area contributed by atoms with Gasteiger partial charge >= 0.3 is 0 Å². The van der Waals surface area contributed by atoms with Crippen LogP contribution in [0.3, 0.4) is 0 Å². The SMILES string of the molecule is Cc1cc(Nc2ncnc3sc4c(c23)CCN(C(=O)/C=C/CN(C)C)C4)ccc1Oc1ccc(N(C)C)nc1. The van der Waals surface area contributed by atoms with Gasteiger partial charge in [0.15, 0.2) is 0 Å². The molecule has 202 valence electrons. The summed E-state index contributed by atoms with van der Waals surface area (Å²) in [6, 6.07) is 9.83. The van der Waals surface area contributed by atoms with E-state index in [0.29, 0.717) is 18.8 Å². The first-order chi connectivity index (χ1) is 18.8. The van der Waals surface area contributed by atoms with Crippen LogP contribution in [0.1, 0.15) is 16.0 Å². The van der Waals surface area contributed by atoms with Gasteiger partial charge in [0, 0.05) is 43.8 Å². The van der Waals surface area contributed by atoms with Crippen molar-refractivity contribution in [1.82, 2.24) is 24.8 Å². The quantitative estimate of drug-likeness (QED) is 0.311. The lowest BCUT2D eigenvalue weighted by Gasteiger charge is -2.26. The molecule has 9 nitrogen and oxygen atoms in total. The molecule has 0 radical (unpaired) electrons. The van der Waals surface area contributed by atoms with Crippen molar-refractivity contribution in [2.45, 2.75) is 19.9 Å². The molecular weight excluding hydrogens is 510 g/mol. The Morgan fingerprint density at radius 3 is 2.72 bits per heavy atom. The number of thiophene rings is 1. The molecule has 1 aromatic carbocycles. The molecule has 0 spiro atoms. The number of rotatable bonds is 8. The lowest BCUT2D eigenvalue weighted by molar-refractivity contribution is -0.126. The molecule has 39 heavy (non-hydrogen) atoms. The van der Waals surface area contributed by atoms with E-state index in [4.69, 9.17) is 4.74 Å². The third-order valence-electron chi connectivity index (χ3n) is 6.52. The van der Waals surface area contributed by atoms with Crippen LogP contribution in [0.4, 0.5) is 17.3 Å². The number of benzene rings is 1. The minimum Gasteiger partial charge on any atom is -0.455 e. The molecule has 0 atom stereocenters. The van der Waals surface area contributed by atoms with Crippen molar-refractivity contribution >= 4 is 44.8 Å². The average Bonchev–Trinajstić information content (AvgIpc) is 3.29. The number of likely N-dealkylation sites (N-methyl/N-ethyl adjacent to an activating group) is 1. The van der Waals surface area contributed by atoms with E-state index in [1.165, 1.54) is 10.4 Å². The van der Waals surface area contributed by atoms with E-state index in [2.05, 4.69) is 20.3 Å². The van der Waals surface area contributed by atoms with Gasteiger partial charge in [-0.15, -0.1) is 11.3 Å². The topological polar surface area (TPSA) is 86.7 Å². The van der Waals surface area contributed by atoms with Crippen molar-refractivity contribution in [3.63, 3.8) is 0 Å². The number of pyridine rings is 1. The van der Waals surface area contributed by atoms with E-state index in [1.54, 1.807) is 29.9 Å². The number of ether oxygens (including phenoxy) is 1. The summed E-state index contributed by atoms with van der Waals surface area (Å²) in [5, 5.41) is 4.53. The average molecular weight is 544 g/mol. The normalized spacial score (nSPS) is 13.2. The Morgan fingerprint density at radius 1 is 1.15 bits per heavy atom. The second kappa shape index (κ2) is 11.4. The predicted octanol–water partition coefficient (Wildman–Crippen LogP) is 5.00. The fourth-order valence-corrected chi connectivity index (χ4v) is 5.69. The van der Waals surface area contributed by atoms with Crippen LogP contribution in [0.15, 0.2) is 55.0 Å². The fraction of sp³-hybridized carbons (Fsp3) is 0.310. The van der Waals surface area contributed by atoms with Gasteiger partial charge in [-0.3, -0.25) is 4.79 Å². The zero-order valence-corrected chi connectivity index (χ0v) is 23.7. The number of anilines is 3. The third kappa shape index (κ3) is 6.02. The molecular formula is C29H33N7O2S. The molecule has 0 unspecified atom stereocenters. The molecule has 0 bridgehead atoms. The molecule has 3 aromatic heterocycles. The number of hydrogen-bond acceptors (Lipinski definition) is 9. The van der Waals surface area contributed by atoms with E-state index < -0.39 is 0 Å². The van der Waals surface area contributed by atoms with Crippen molar-refractivity contribution in [3.8, 4) is 11.5 Å². The lowest BCUT2D eigenvalue weighted by atomic mass is 10.0. The summed E-state index contributed by atoms with van der Waals surface area (Å²) < 4.78 is 6.07. The highest BCUT2D eigenvalue weighted by atomic mass is 32.1. The number of carbonyl (C=O) groups excluding carboxylic acids is 1. The highest BCUT2D eigenvalue weighted by Crippen LogP contribution is 2.38. The Hall–Kier alpha value is -4.02. The molecule has 0 fully saturated rings. The Morgan fingerprint density at radius 2 is 2.00 bits per heavy atom. The smallest absolute Gasteiger partial charge is 0.246 e. The van der Waals surface area contributed by atoms with E-state index in [9.17, 15) is 4.79 Å². The Kier molecular flexibility index (Phi) is 7.76. The molecule has 1 N–H and O–H groups in total. The van der Waals surface area contributed by atoms with Crippen molar-refractivity contribution in [2.24, 2.45) is 0 Å². The monoisotopic (exact) mass is 543 g/mol. The van der Waals surface area contributed by atoms with Crippen LogP contribution >= 0.6 is 11.3 Å². The van der Waals surface area contributed by atoms with E-state index in [-0.39, 0.29) is 5.91 Å². The number of aromatic nitrogens is 3. The van der Waals surface area contributed by atoms with Gasteiger partial charge in [-0.25, -0.2) is 15.0 Å². The molecule has 5 rings (SSSR count). The third-order valence-corrected chi connectivity index (χ3v) is 7.65. The maximum atomic E-state index is 12.7. The van der Waals surface area contributed by atoms with Crippen molar-refractivity contribution in [2.75, 3.05) is 51.5 Å². The first kappa shape index (κ1) is 26.6. The maximum Gasteiger partial charge on any atom is 0.246 e. The van der Waals surface area contributed by atoms with Crippen LogP contribution in [-0.4, -0.2) is 71.9 Å². The number of nitrogens with zero attached hydrogens (tertiary/aromatic N) is 6. The lowest BCUT2D eigenvalue weighted by Crippen LogP contribution is -2.34. The number of amides is 1. The molecule has 1 aliphatic rings. The van der Waals surface area contributed by atoms with Crippen LogP contribution < -0.4 is 15.0 Å². The molecule has 0 saturated heterocycles. The standard InChI is InChI=1S/C29H33N7O2S/c1-19-15-20(8-10-23(19)38-21-9-11-25(30-16-21)35(4)5)33-28-27-22-12-14-36(26(37)7-6-13-34(2)3)17-24(22)39-29(27)32-18-31-28/h6-11,15-16,18H,12-14,17H2,1-5H3,(H,31,32,33)/b7-6+. The zero-order chi connectivity index (χ0) is 27.5. The maximum absolute atomic E-state index is 12.7. The van der Waals surface area contributed by atoms with E-state index >= 15 is 0 Å². The van der Waals surface area contributed by atoms with Gasteiger partial charge in [0.2, 0.25) is 5.91 Å². The highest BCUT2D eigenvalue weighted by molar-refractivity contribution is 7.19. The van der Waals surface area contributed by atoms with Crippen molar-refractivity contribution in [1.29, 1.82) is 0 Å². The first-order valence-corrected chi connectivity index (χ1v) is 13.6. The van der Waals surface area contributed by atoms with Crippen LogP contribution in [0.5, 0.6) is 11.5 Å². The second-order valence-electron chi connectivity index (χ2n) is 10.0. The first-order valence-electron chi connectivity index (χ1n) is 12.8. The number of fused-ring (bicyclic) bond motifs is 3. The summed E-state index contributed by atoms with van der Waals surface area (Å²) in [6.07, 6.45) is 7.68. The predicted molar refractivity (Wildman–Crippen MR) is 157 cm³/mol. The number of carbonyl (C=O) groups is 1. The van der Waals surface area contributed by atoms with Gasteiger partial charge in [0.25, 0.3) is 0 Å². The van der Waals surface area contributed by atoms with Gasteiger partial charge in [-0.05, 0) is 68.9 Å². The van der Waals surface area contributed by atoms with Crippen LogP contribution in [-0.2, 0) is 17.8 Å². The number of aryl methyl sites for hydroxylation is 1. The molecule has 0 saturated carbocycles. The molecule has 4 aromatic rings. The second-order valence-corrected chi connectivity index (χ2v) is 11.1. The largest absolute Gasteiger partial charge is 0.455 e. The van der Waals surface area contributed by atoms with Crippen LogP contribution in [0, 0.1) is 6.92 Å². The summed E-state index contributed by atoms with van der Waals surface area (Å²) in [5.74, 6) is 3.16. The Bertz CT molecular complexity index is 1510. The summed E-state index contributed by atoms with van der Waals surface area (Å²) in [7, 11) is 7.88. The summed E-state index contributed by atoms with van der Waals surface area (Å²) in [5.41, 5.74) is 3.13. The Labute approximate surface area is 232 Å². The van der Waals surface area contributed by atoms with Crippen LogP contribution in [0.25, 0.3) is 10.2 Å². The number of nitrogens with one attached hydrogen (secondary N) is 1. The summed E-state index contributed by atoms with van der Waals surface area (Å²) in [4.78, 5) is 34.2. The fourth-order valence-electron chi connectivity index (χ4n) is 4.48. The van der Waals surface area contributed by atoms with Crippen molar-refractivity contribution < 1.29 is 9.53 Å². The minimum atomic E-state index is 0.0478. The van der Waals surface area contributed by atoms with Crippen LogP contribution in [0.2, 0.25) is 0 Å². The van der Waals surface area contributed by atoms with Gasteiger partial charge in [0.05, 0.1) is 18.1 Å². The van der Waals surface area contributed by atoms with Gasteiger partial charge in [-0.2, -0.15) is 0 Å².